The lowest BCUT2D eigenvalue weighted by Gasteiger charge is -2.03. The average molecular weight is 228 g/mol. The molecule has 0 aliphatic heterocycles. The Balaban J connectivity index is 2.22. The summed E-state index contributed by atoms with van der Waals surface area (Å²) in [6.45, 7) is 0. The maximum Gasteiger partial charge on any atom is 0.222 e. The molecule has 0 saturated carbocycles. The first-order valence-corrected chi connectivity index (χ1v) is 5.05. The Hall–Kier alpha value is -2.03. The third-order valence-electron chi connectivity index (χ3n) is 1.84. The minimum atomic E-state index is 0.484. The van der Waals surface area contributed by atoms with Gasteiger partial charge in [-0.3, -0.25) is 0 Å². The molecule has 0 aliphatic rings. The molecule has 0 atom stereocenters. The van der Waals surface area contributed by atoms with Crippen LogP contribution in [0.4, 0.5) is 0 Å². The van der Waals surface area contributed by atoms with Crippen LogP contribution < -0.4 is 4.74 Å². The van der Waals surface area contributed by atoms with Gasteiger partial charge in [-0.15, -0.1) is 0 Å². The fourth-order valence-corrected chi connectivity index (χ4v) is 1.28. The van der Waals surface area contributed by atoms with Crippen molar-refractivity contribution in [3.05, 3.63) is 48.4 Å². The number of ether oxygens (including phenoxy) is 1. The molecule has 0 N–H and O–H groups in total. The standard InChI is InChI=1S/C12H8N2OS/c16-7-6-10-8-12(14-9-13-10)15-11-4-2-1-3-5-11/h1-6,8-9H. The number of rotatable bonds is 3. The van der Waals surface area contributed by atoms with Gasteiger partial charge in [0.05, 0.1) is 5.69 Å². The summed E-state index contributed by atoms with van der Waals surface area (Å²) in [5.41, 5.74) is 0.677. The minimum Gasteiger partial charge on any atom is -0.439 e. The van der Waals surface area contributed by atoms with Crippen LogP contribution in [0.15, 0.2) is 42.7 Å². The molecule has 0 amide bonds. The van der Waals surface area contributed by atoms with Crippen LogP contribution >= 0.6 is 12.2 Å². The topological polar surface area (TPSA) is 35.0 Å². The van der Waals surface area contributed by atoms with Gasteiger partial charge in [0.1, 0.15) is 12.1 Å². The van der Waals surface area contributed by atoms with Gasteiger partial charge >= 0.3 is 0 Å². The molecule has 0 fully saturated rings. The van der Waals surface area contributed by atoms with E-state index in [1.165, 1.54) is 6.33 Å². The van der Waals surface area contributed by atoms with Crippen molar-refractivity contribution >= 4 is 23.3 Å². The highest BCUT2D eigenvalue weighted by atomic mass is 32.1. The van der Waals surface area contributed by atoms with Crippen LogP contribution in [-0.4, -0.2) is 15.0 Å². The first kappa shape index (κ1) is 10.5. The predicted octanol–water partition coefficient (Wildman–Crippen LogP) is 2.88. The second-order valence-corrected chi connectivity index (χ2v) is 3.19. The monoisotopic (exact) mass is 228 g/mol. The van der Waals surface area contributed by atoms with Crippen molar-refractivity contribution < 1.29 is 4.74 Å². The molecule has 0 spiro atoms. The van der Waals surface area contributed by atoms with E-state index in [0.29, 0.717) is 11.6 Å². The SMILES string of the molecule is S=C=Cc1cc(Oc2ccccc2)ncn1. The summed E-state index contributed by atoms with van der Waals surface area (Å²) >= 11 is 4.60. The van der Waals surface area contributed by atoms with Gasteiger partial charge in [-0.1, -0.05) is 18.2 Å². The molecular weight excluding hydrogens is 220 g/mol. The fourth-order valence-electron chi connectivity index (χ4n) is 1.16. The molecule has 3 nitrogen and oxygen atoms in total. The summed E-state index contributed by atoms with van der Waals surface area (Å²) in [7, 11) is 0. The van der Waals surface area contributed by atoms with Crippen LogP contribution in [0, 0.1) is 0 Å². The van der Waals surface area contributed by atoms with E-state index in [2.05, 4.69) is 27.2 Å². The van der Waals surface area contributed by atoms with Crippen LogP contribution in [0.1, 0.15) is 5.69 Å². The largest absolute Gasteiger partial charge is 0.439 e. The number of benzene rings is 1. The fraction of sp³-hybridized carbons (Fsp3) is 0. The van der Waals surface area contributed by atoms with E-state index >= 15 is 0 Å². The molecule has 2 aromatic rings. The van der Waals surface area contributed by atoms with Crippen molar-refractivity contribution in [3.8, 4) is 11.6 Å². The Morgan fingerprint density at radius 1 is 1.19 bits per heavy atom. The van der Waals surface area contributed by atoms with E-state index in [4.69, 9.17) is 4.74 Å². The Morgan fingerprint density at radius 2 is 2.00 bits per heavy atom. The van der Waals surface area contributed by atoms with Gasteiger partial charge in [0, 0.05) is 12.1 Å². The van der Waals surface area contributed by atoms with Crippen molar-refractivity contribution in [1.82, 2.24) is 9.97 Å². The predicted molar refractivity (Wildman–Crippen MR) is 65.6 cm³/mol. The summed E-state index contributed by atoms with van der Waals surface area (Å²) in [4.78, 5) is 8.00. The van der Waals surface area contributed by atoms with Crippen LogP contribution in [-0.2, 0) is 0 Å². The minimum absolute atomic E-state index is 0.484. The van der Waals surface area contributed by atoms with Crippen molar-refractivity contribution in [2.45, 2.75) is 0 Å². The Kier molecular flexibility index (Phi) is 3.38. The zero-order valence-electron chi connectivity index (χ0n) is 8.33. The van der Waals surface area contributed by atoms with Crippen molar-refractivity contribution in [3.63, 3.8) is 0 Å². The lowest BCUT2D eigenvalue weighted by Crippen LogP contribution is -1.90. The molecular formula is C12H8N2OS. The summed E-state index contributed by atoms with van der Waals surface area (Å²) in [5, 5.41) is 2.49. The Morgan fingerprint density at radius 3 is 2.75 bits per heavy atom. The highest BCUT2D eigenvalue weighted by molar-refractivity contribution is 7.78. The zero-order chi connectivity index (χ0) is 11.2. The molecule has 0 unspecified atom stereocenters. The number of aromatic nitrogens is 2. The summed E-state index contributed by atoms with van der Waals surface area (Å²) in [5.74, 6) is 1.22. The lowest BCUT2D eigenvalue weighted by molar-refractivity contribution is 0.461. The Bertz CT molecular complexity index is 522. The molecule has 78 valence electrons. The number of hydrogen-bond donors (Lipinski definition) is 0. The summed E-state index contributed by atoms with van der Waals surface area (Å²) in [6, 6.07) is 11.1. The van der Waals surface area contributed by atoms with Gasteiger partial charge in [-0.2, -0.15) is 0 Å². The smallest absolute Gasteiger partial charge is 0.222 e. The third-order valence-corrected chi connectivity index (χ3v) is 1.95. The number of thiocarbonyl (C=S) groups is 1. The molecule has 1 heterocycles. The molecule has 16 heavy (non-hydrogen) atoms. The lowest BCUT2D eigenvalue weighted by atomic mass is 10.3. The van der Waals surface area contributed by atoms with E-state index in [1.54, 1.807) is 12.1 Å². The molecule has 0 bridgehead atoms. The first-order chi connectivity index (χ1) is 7.88. The summed E-state index contributed by atoms with van der Waals surface area (Å²) < 4.78 is 5.53. The van der Waals surface area contributed by atoms with Crippen LogP contribution in [0.5, 0.6) is 11.6 Å². The third kappa shape index (κ3) is 2.73. The maximum absolute atomic E-state index is 5.53. The van der Waals surface area contributed by atoms with Gasteiger partial charge in [0.15, 0.2) is 0 Å². The highest BCUT2D eigenvalue weighted by Gasteiger charge is 1.98. The molecule has 0 aliphatic carbocycles. The first-order valence-electron chi connectivity index (χ1n) is 4.64. The van der Waals surface area contributed by atoms with Gasteiger partial charge < -0.3 is 4.74 Å². The average Bonchev–Trinajstić information content (AvgIpc) is 2.31. The van der Waals surface area contributed by atoms with E-state index in [9.17, 15) is 0 Å². The molecule has 2 rings (SSSR count). The highest BCUT2D eigenvalue weighted by Crippen LogP contribution is 2.18. The van der Waals surface area contributed by atoms with Crippen molar-refractivity contribution in [2.24, 2.45) is 0 Å². The summed E-state index contributed by atoms with van der Waals surface area (Å²) in [6.07, 6.45) is 3.02. The van der Waals surface area contributed by atoms with Crippen LogP contribution in [0.2, 0.25) is 0 Å². The van der Waals surface area contributed by atoms with Crippen LogP contribution in [0.25, 0.3) is 6.08 Å². The van der Waals surface area contributed by atoms with Crippen LogP contribution in [0.3, 0.4) is 0 Å². The second-order valence-electron chi connectivity index (χ2n) is 2.96. The van der Waals surface area contributed by atoms with Gasteiger partial charge in [0.25, 0.3) is 0 Å². The Labute approximate surface area is 98.4 Å². The van der Waals surface area contributed by atoms with E-state index < -0.39 is 0 Å². The van der Waals surface area contributed by atoms with Crippen molar-refractivity contribution in [1.29, 1.82) is 0 Å². The normalized spacial score (nSPS) is 9.25. The van der Waals surface area contributed by atoms with E-state index in [-0.39, 0.29) is 0 Å². The van der Waals surface area contributed by atoms with E-state index in [1.807, 2.05) is 30.3 Å². The van der Waals surface area contributed by atoms with Gasteiger partial charge in [-0.05, 0) is 29.4 Å². The quantitative estimate of drug-likeness (QED) is 0.757. The van der Waals surface area contributed by atoms with Gasteiger partial charge in [0.2, 0.25) is 5.88 Å². The molecule has 1 aromatic heterocycles. The number of para-hydroxylation sites is 1. The van der Waals surface area contributed by atoms with Crippen molar-refractivity contribution in [2.75, 3.05) is 0 Å². The molecule has 1 aromatic carbocycles. The van der Waals surface area contributed by atoms with Gasteiger partial charge in [-0.25, -0.2) is 9.97 Å². The number of nitrogens with zero attached hydrogens (tertiary/aromatic N) is 2. The number of hydrogen-bond acceptors (Lipinski definition) is 4. The second kappa shape index (κ2) is 5.16. The van der Waals surface area contributed by atoms with E-state index in [0.717, 1.165) is 5.75 Å². The molecule has 0 radical (unpaired) electrons. The maximum atomic E-state index is 5.53. The molecule has 4 heteroatoms. The molecule has 0 saturated heterocycles. The zero-order valence-corrected chi connectivity index (χ0v) is 9.15.